The highest BCUT2D eigenvalue weighted by Gasteiger charge is 2.16. The van der Waals surface area contributed by atoms with Gasteiger partial charge in [-0.2, -0.15) is 4.98 Å². The third-order valence-corrected chi connectivity index (χ3v) is 2.55. The standard InChI is InChI=1S/C10H17N3O/c1-11-5-4-9-8-14-10(12-9)13-6-2-3-7-13/h8,11H,2-7H2,1H3. The SMILES string of the molecule is CNCCc1coc(N2CCCC2)n1. The molecule has 0 aromatic carbocycles. The summed E-state index contributed by atoms with van der Waals surface area (Å²) in [5.41, 5.74) is 1.04. The molecule has 1 fully saturated rings. The number of likely N-dealkylation sites (N-methyl/N-ethyl adjacent to an activating group) is 1. The van der Waals surface area contributed by atoms with Crippen molar-refractivity contribution in [3.05, 3.63) is 12.0 Å². The van der Waals surface area contributed by atoms with Gasteiger partial charge in [-0.3, -0.25) is 0 Å². The highest BCUT2D eigenvalue weighted by Crippen LogP contribution is 2.18. The predicted molar refractivity (Wildman–Crippen MR) is 55.6 cm³/mol. The molecule has 2 heterocycles. The van der Waals surface area contributed by atoms with E-state index in [1.807, 2.05) is 7.05 Å². The van der Waals surface area contributed by atoms with Crippen molar-refractivity contribution < 1.29 is 4.42 Å². The van der Waals surface area contributed by atoms with Crippen LogP contribution in [0.4, 0.5) is 6.01 Å². The quantitative estimate of drug-likeness (QED) is 0.779. The summed E-state index contributed by atoms with van der Waals surface area (Å²) in [4.78, 5) is 6.66. The maximum absolute atomic E-state index is 5.43. The van der Waals surface area contributed by atoms with Crippen LogP contribution in [0.1, 0.15) is 18.5 Å². The van der Waals surface area contributed by atoms with Crippen LogP contribution >= 0.6 is 0 Å². The molecular weight excluding hydrogens is 178 g/mol. The van der Waals surface area contributed by atoms with E-state index in [4.69, 9.17) is 4.42 Å². The largest absolute Gasteiger partial charge is 0.432 e. The smallest absolute Gasteiger partial charge is 0.297 e. The first-order valence-electron chi connectivity index (χ1n) is 5.24. The average molecular weight is 195 g/mol. The second kappa shape index (κ2) is 4.46. The van der Waals surface area contributed by atoms with Crippen molar-refractivity contribution in [3.8, 4) is 0 Å². The van der Waals surface area contributed by atoms with E-state index in [2.05, 4.69) is 15.2 Å². The fourth-order valence-corrected chi connectivity index (χ4v) is 1.72. The van der Waals surface area contributed by atoms with Crippen LogP contribution in [-0.4, -0.2) is 31.7 Å². The van der Waals surface area contributed by atoms with Crippen LogP contribution in [0.2, 0.25) is 0 Å². The van der Waals surface area contributed by atoms with Gasteiger partial charge >= 0.3 is 0 Å². The molecule has 0 bridgehead atoms. The number of rotatable bonds is 4. The van der Waals surface area contributed by atoms with Crippen LogP contribution in [0.25, 0.3) is 0 Å². The van der Waals surface area contributed by atoms with Crippen LogP contribution < -0.4 is 10.2 Å². The fourth-order valence-electron chi connectivity index (χ4n) is 1.72. The molecule has 4 heteroatoms. The van der Waals surface area contributed by atoms with Gasteiger partial charge in [-0.1, -0.05) is 0 Å². The second-order valence-electron chi connectivity index (χ2n) is 3.67. The molecule has 0 saturated carbocycles. The second-order valence-corrected chi connectivity index (χ2v) is 3.67. The molecule has 2 rings (SSSR count). The Labute approximate surface area is 84.3 Å². The molecule has 0 radical (unpaired) electrons. The van der Waals surface area contributed by atoms with Gasteiger partial charge in [0.25, 0.3) is 6.01 Å². The number of anilines is 1. The molecule has 4 nitrogen and oxygen atoms in total. The summed E-state index contributed by atoms with van der Waals surface area (Å²) < 4.78 is 5.43. The molecule has 0 atom stereocenters. The third-order valence-electron chi connectivity index (χ3n) is 2.55. The highest BCUT2D eigenvalue weighted by molar-refractivity contribution is 5.28. The lowest BCUT2D eigenvalue weighted by molar-refractivity contribution is 0.546. The zero-order valence-electron chi connectivity index (χ0n) is 8.62. The van der Waals surface area contributed by atoms with E-state index >= 15 is 0 Å². The van der Waals surface area contributed by atoms with Crippen LogP contribution in [0.15, 0.2) is 10.7 Å². The van der Waals surface area contributed by atoms with E-state index in [0.29, 0.717) is 0 Å². The molecule has 1 saturated heterocycles. The molecule has 0 aliphatic carbocycles. The Balaban J connectivity index is 1.94. The first-order valence-corrected chi connectivity index (χ1v) is 5.24. The van der Waals surface area contributed by atoms with Crippen LogP contribution in [0.5, 0.6) is 0 Å². The van der Waals surface area contributed by atoms with Gasteiger partial charge in [0, 0.05) is 26.1 Å². The van der Waals surface area contributed by atoms with Crippen molar-refractivity contribution in [3.63, 3.8) is 0 Å². The first-order chi connectivity index (χ1) is 6.90. The minimum atomic E-state index is 0.800. The summed E-state index contributed by atoms with van der Waals surface area (Å²) in [6, 6.07) is 0.800. The summed E-state index contributed by atoms with van der Waals surface area (Å²) in [6.45, 7) is 3.13. The third kappa shape index (κ3) is 2.07. The Morgan fingerprint density at radius 1 is 1.50 bits per heavy atom. The van der Waals surface area contributed by atoms with E-state index in [0.717, 1.165) is 37.8 Å². The Bertz CT molecular complexity index is 279. The molecule has 1 aliphatic heterocycles. The average Bonchev–Trinajstić information content (AvgIpc) is 2.85. The number of oxazole rings is 1. The fraction of sp³-hybridized carbons (Fsp3) is 0.700. The minimum absolute atomic E-state index is 0.800. The summed E-state index contributed by atoms with van der Waals surface area (Å²) in [7, 11) is 1.95. The molecule has 1 N–H and O–H groups in total. The van der Waals surface area contributed by atoms with Crippen molar-refractivity contribution in [1.82, 2.24) is 10.3 Å². The van der Waals surface area contributed by atoms with Crippen molar-refractivity contribution in [2.45, 2.75) is 19.3 Å². The zero-order chi connectivity index (χ0) is 9.80. The number of hydrogen-bond donors (Lipinski definition) is 1. The van der Waals surface area contributed by atoms with Gasteiger partial charge in [-0.25, -0.2) is 0 Å². The molecule has 0 spiro atoms. The van der Waals surface area contributed by atoms with Gasteiger partial charge in [0.05, 0.1) is 5.69 Å². The Kier molecular flexibility index (Phi) is 3.03. The van der Waals surface area contributed by atoms with Crippen molar-refractivity contribution in [2.24, 2.45) is 0 Å². The van der Waals surface area contributed by atoms with Gasteiger partial charge in [-0.05, 0) is 19.9 Å². The van der Waals surface area contributed by atoms with E-state index in [1.165, 1.54) is 12.8 Å². The van der Waals surface area contributed by atoms with E-state index in [9.17, 15) is 0 Å². The number of nitrogens with one attached hydrogen (secondary N) is 1. The summed E-state index contributed by atoms with van der Waals surface area (Å²) in [6.07, 6.45) is 5.22. The highest BCUT2D eigenvalue weighted by atomic mass is 16.4. The van der Waals surface area contributed by atoms with Crippen LogP contribution in [0, 0.1) is 0 Å². The lowest BCUT2D eigenvalue weighted by Gasteiger charge is -2.10. The molecule has 0 amide bonds. The van der Waals surface area contributed by atoms with Gasteiger partial charge in [0.15, 0.2) is 0 Å². The van der Waals surface area contributed by atoms with Gasteiger partial charge in [-0.15, -0.1) is 0 Å². The zero-order valence-corrected chi connectivity index (χ0v) is 8.62. The van der Waals surface area contributed by atoms with Crippen molar-refractivity contribution >= 4 is 6.01 Å². The maximum Gasteiger partial charge on any atom is 0.297 e. The van der Waals surface area contributed by atoms with E-state index in [1.54, 1.807) is 6.26 Å². The topological polar surface area (TPSA) is 41.3 Å². The molecule has 1 aromatic heterocycles. The minimum Gasteiger partial charge on any atom is -0.432 e. The molecule has 14 heavy (non-hydrogen) atoms. The first kappa shape index (κ1) is 9.52. The molecule has 78 valence electrons. The van der Waals surface area contributed by atoms with Gasteiger partial charge < -0.3 is 14.6 Å². The summed E-state index contributed by atoms with van der Waals surface area (Å²) in [5, 5.41) is 3.10. The Morgan fingerprint density at radius 2 is 2.29 bits per heavy atom. The van der Waals surface area contributed by atoms with Gasteiger partial charge in [0.2, 0.25) is 0 Å². The molecule has 1 aromatic rings. The lowest BCUT2D eigenvalue weighted by Crippen LogP contribution is -2.18. The molecular formula is C10H17N3O. The van der Waals surface area contributed by atoms with Crippen LogP contribution in [0.3, 0.4) is 0 Å². The van der Waals surface area contributed by atoms with E-state index in [-0.39, 0.29) is 0 Å². The Hall–Kier alpha value is -1.03. The van der Waals surface area contributed by atoms with Crippen LogP contribution in [-0.2, 0) is 6.42 Å². The lowest BCUT2D eigenvalue weighted by atomic mass is 10.3. The van der Waals surface area contributed by atoms with E-state index < -0.39 is 0 Å². The summed E-state index contributed by atoms with van der Waals surface area (Å²) >= 11 is 0. The van der Waals surface area contributed by atoms with Crippen molar-refractivity contribution in [2.75, 3.05) is 31.6 Å². The maximum atomic E-state index is 5.43. The normalized spacial score (nSPS) is 16.5. The molecule has 0 unspecified atom stereocenters. The summed E-state index contributed by atoms with van der Waals surface area (Å²) in [5.74, 6) is 0. The molecule has 1 aliphatic rings. The Morgan fingerprint density at radius 3 is 3.00 bits per heavy atom. The number of hydrogen-bond acceptors (Lipinski definition) is 4. The monoisotopic (exact) mass is 195 g/mol. The number of nitrogens with zero attached hydrogens (tertiary/aromatic N) is 2. The van der Waals surface area contributed by atoms with Gasteiger partial charge in [0.1, 0.15) is 6.26 Å². The predicted octanol–water partition coefficient (Wildman–Crippen LogP) is 1.04. The number of aromatic nitrogens is 1. The van der Waals surface area contributed by atoms with Crippen molar-refractivity contribution in [1.29, 1.82) is 0 Å².